The van der Waals surface area contributed by atoms with Gasteiger partial charge in [-0.15, -0.1) is 0 Å². The molecule has 76 valence electrons. The predicted octanol–water partition coefficient (Wildman–Crippen LogP) is 2.87. The summed E-state index contributed by atoms with van der Waals surface area (Å²) in [4.78, 5) is 0. The molecule has 2 rings (SSSR count). The van der Waals surface area contributed by atoms with Gasteiger partial charge < -0.3 is 9.47 Å². The molecule has 1 aliphatic heterocycles. The molecule has 0 saturated carbocycles. The normalized spacial score (nSPS) is 20.6. The Kier molecular flexibility index (Phi) is 2.14. The highest BCUT2D eigenvalue weighted by molar-refractivity contribution is 5.40. The lowest BCUT2D eigenvalue weighted by Crippen LogP contribution is -2.39. The van der Waals surface area contributed by atoms with Crippen molar-refractivity contribution in [3.8, 4) is 11.5 Å². The molecule has 0 N–H and O–H groups in total. The Morgan fingerprint density at radius 2 is 1.79 bits per heavy atom. The maximum Gasteiger partial charge on any atom is 0.161 e. The third-order valence-corrected chi connectivity index (χ3v) is 2.47. The molecule has 1 atom stereocenters. The van der Waals surface area contributed by atoms with Crippen molar-refractivity contribution in [1.29, 1.82) is 0 Å². The smallest absolute Gasteiger partial charge is 0.161 e. The minimum atomic E-state index is 0.119. The molecule has 0 bridgehead atoms. The molecule has 14 heavy (non-hydrogen) atoms. The summed E-state index contributed by atoms with van der Waals surface area (Å²) in [5, 5.41) is 0. The van der Waals surface area contributed by atoms with Crippen molar-refractivity contribution in [2.24, 2.45) is 5.41 Å². The fourth-order valence-electron chi connectivity index (χ4n) is 1.45. The van der Waals surface area contributed by atoms with Gasteiger partial charge in [0.1, 0.15) is 12.7 Å². The van der Waals surface area contributed by atoms with Crippen molar-refractivity contribution in [2.45, 2.75) is 26.9 Å². The highest BCUT2D eigenvalue weighted by atomic mass is 16.6. The molecule has 0 spiro atoms. The first-order valence-corrected chi connectivity index (χ1v) is 4.96. The van der Waals surface area contributed by atoms with E-state index in [1.807, 2.05) is 24.3 Å². The Balaban J connectivity index is 2.22. The molecule has 0 aromatic heterocycles. The van der Waals surface area contributed by atoms with Gasteiger partial charge in [0.05, 0.1) is 0 Å². The minimum Gasteiger partial charge on any atom is -0.486 e. The van der Waals surface area contributed by atoms with Crippen LogP contribution in [0.15, 0.2) is 24.3 Å². The molecule has 0 aliphatic carbocycles. The maximum absolute atomic E-state index is 5.87. The molecule has 0 amide bonds. The van der Waals surface area contributed by atoms with Crippen molar-refractivity contribution in [3.63, 3.8) is 0 Å². The summed E-state index contributed by atoms with van der Waals surface area (Å²) in [5.74, 6) is 1.71. The topological polar surface area (TPSA) is 18.5 Å². The van der Waals surface area contributed by atoms with Crippen molar-refractivity contribution in [2.75, 3.05) is 6.61 Å². The molecule has 2 heteroatoms. The van der Waals surface area contributed by atoms with Gasteiger partial charge in [0.25, 0.3) is 0 Å². The summed E-state index contributed by atoms with van der Waals surface area (Å²) < 4.78 is 11.5. The van der Waals surface area contributed by atoms with E-state index in [-0.39, 0.29) is 11.5 Å². The third kappa shape index (κ3) is 1.69. The SMILES string of the molecule is CC(C)(C)C1COc2ccccc2O1. The number of benzene rings is 1. The first-order valence-electron chi connectivity index (χ1n) is 4.96. The average Bonchev–Trinajstić information content (AvgIpc) is 2.16. The van der Waals surface area contributed by atoms with Gasteiger partial charge in [0, 0.05) is 5.41 Å². The zero-order valence-corrected chi connectivity index (χ0v) is 8.91. The number of ether oxygens (including phenoxy) is 2. The molecule has 2 nitrogen and oxygen atoms in total. The second-order valence-corrected chi connectivity index (χ2v) is 4.73. The van der Waals surface area contributed by atoms with Crippen LogP contribution >= 0.6 is 0 Å². The Morgan fingerprint density at radius 1 is 1.14 bits per heavy atom. The van der Waals surface area contributed by atoms with E-state index < -0.39 is 0 Å². The molecular formula is C12H16O2. The van der Waals surface area contributed by atoms with E-state index in [2.05, 4.69) is 20.8 Å². The van der Waals surface area contributed by atoms with E-state index in [4.69, 9.17) is 9.47 Å². The van der Waals surface area contributed by atoms with E-state index in [9.17, 15) is 0 Å². The molecule has 0 saturated heterocycles. The maximum atomic E-state index is 5.87. The van der Waals surface area contributed by atoms with E-state index in [1.165, 1.54) is 0 Å². The molecular weight excluding hydrogens is 176 g/mol. The first-order chi connectivity index (χ1) is 6.57. The summed E-state index contributed by atoms with van der Waals surface area (Å²) in [6, 6.07) is 7.81. The summed E-state index contributed by atoms with van der Waals surface area (Å²) in [6.07, 6.45) is 0.136. The van der Waals surface area contributed by atoms with Gasteiger partial charge in [-0.3, -0.25) is 0 Å². The molecule has 1 heterocycles. The minimum absolute atomic E-state index is 0.119. The molecule has 0 radical (unpaired) electrons. The van der Waals surface area contributed by atoms with Crippen LogP contribution in [-0.2, 0) is 0 Å². The lowest BCUT2D eigenvalue weighted by Gasteiger charge is -2.34. The highest BCUT2D eigenvalue weighted by Gasteiger charge is 2.31. The van der Waals surface area contributed by atoms with Crippen molar-refractivity contribution < 1.29 is 9.47 Å². The number of para-hydroxylation sites is 2. The second kappa shape index (κ2) is 3.19. The van der Waals surface area contributed by atoms with Crippen molar-refractivity contribution >= 4 is 0 Å². The summed E-state index contributed by atoms with van der Waals surface area (Å²) in [5.41, 5.74) is 0.119. The average molecular weight is 192 g/mol. The molecule has 1 aromatic rings. The van der Waals surface area contributed by atoms with Crippen LogP contribution < -0.4 is 9.47 Å². The van der Waals surface area contributed by atoms with Gasteiger partial charge in [-0.25, -0.2) is 0 Å². The highest BCUT2D eigenvalue weighted by Crippen LogP contribution is 2.35. The molecule has 1 unspecified atom stereocenters. The zero-order valence-electron chi connectivity index (χ0n) is 8.91. The number of hydrogen-bond donors (Lipinski definition) is 0. The summed E-state index contributed by atoms with van der Waals surface area (Å²) in [7, 11) is 0. The van der Waals surface area contributed by atoms with Crippen LogP contribution in [0.4, 0.5) is 0 Å². The first kappa shape index (κ1) is 9.38. The lowest BCUT2D eigenvalue weighted by atomic mass is 9.89. The monoisotopic (exact) mass is 192 g/mol. The van der Waals surface area contributed by atoms with Gasteiger partial charge in [-0.2, -0.15) is 0 Å². The van der Waals surface area contributed by atoms with Crippen molar-refractivity contribution in [1.82, 2.24) is 0 Å². The Labute approximate surface area is 84.8 Å². The van der Waals surface area contributed by atoms with E-state index in [1.54, 1.807) is 0 Å². The van der Waals surface area contributed by atoms with Gasteiger partial charge >= 0.3 is 0 Å². The van der Waals surface area contributed by atoms with E-state index >= 15 is 0 Å². The van der Waals surface area contributed by atoms with Gasteiger partial charge in [0.15, 0.2) is 11.5 Å². The Bertz CT molecular complexity index is 325. The number of rotatable bonds is 0. The van der Waals surface area contributed by atoms with Crippen LogP contribution in [0.5, 0.6) is 11.5 Å². The largest absolute Gasteiger partial charge is 0.486 e. The molecule has 0 fully saturated rings. The standard InChI is InChI=1S/C12H16O2/c1-12(2,3)11-8-13-9-6-4-5-7-10(9)14-11/h4-7,11H,8H2,1-3H3. The van der Waals surface area contributed by atoms with Crippen molar-refractivity contribution in [3.05, 3.63) is 24.3 Å². The quantitative estimate of drug-likeness (QED) is 0.629. The fraction of sp³-hybridized carbons (Fsp3) is 0.500. The number of hydrogen-bond acceptors (Lipinski definition) is 2. The van der Waals surface area contributed by atoms with Crippen LogP contribution in [0.2, 0.25) is 0 Å². The van der Waals surface area contributed by atoms with Gasteiger partial charge in [-0.05, 0) is 12.1 Å². The van der Waals surface area contributed by atoms with Crippen LogP contribution in [0.3, 0.4) is 0 Å². The molecule has 1 aliphatic rings. The predicted molar refractivity (Wildman–Crippen MR) is 55.8 cm³/mol. The Hall–Kier alpha value is -1.18. The second-order valence-electron chi connectivity index (χ2n) is 4.73. The van der Waals surface area contributed by atoms with E-state index in [0.717, 1.165) is 11.5 Å². The van der Waals surface area contributed by atoms with Crippen LogP contribution in [-0.4, -0.2) is 12.7 Å². The lowest BCUT2D eigenvalue weighted by molar-refractivity contribution is 0.0163. The van der Waals surface area contributed by atoms with Gasteiger partial charge in [-0.1, -0.05) is 32.9 Å². The van der Waals surface area contributed by atoms with Crippen LogP contribution in [0, 0.1) is 5.41 Å². The van der Waals surface area contributed by atoms with Crippen LogP contribution in [0.1, 0.15) is 20.8 Å². The summed E-state index contributed by atoms with van der Waals surface area (Å²) in [6.45, 7) is 7.12. The summed E-state index contributed by atoms with van der Waals surface area (Å²) >= 11 is 0. The fourth-order valence-corrected chi connectivity index (χ4v) is 1.45. The zero-order chi connectivity index (χ0) is 10.2. The number of fused-ring (bicyclic) bond motifs is 1. The van der Waals surface area contributed by atoms with Crippen LogP contribution in [0.25, 0.3) is 0 Å². The van der Waals surface area contributed by atoms with E-state index in [0.29, 0.717) is 6.61 Å². The molecule has 1 aromatic carbocycles. The Morgan fingerprint density at radius 3 is 2.43 bits per heavy atom. The van der Waals surface area contributed by atoms with Gasteiger partial charge in [0.2, 0.25) is 0 Å². The third-order valence-electron chi connectivity index (χ3n) is 2.47.